The van der Waals surface area contributed by atoms with Crippen LogP contribution in [0.15, 0.2) is 12.3 Å². The molecule has 2 aliphatic rings. The van der Waals surface area contributed by atoms with Crippen molar-refractivity contribution in [3.8, 4) is 0 Å². The molecule has 1 amide bonds. The molecular weight excluding hydrogens is 352 g/mol. The number of amides is 1. The van der Waals surface area contributed by atoms with Crippen LogP contribution in [0, 0.1) is 5.92 Å². The monoisotopic (exact) mass is 380 g/mol. The Kier molecular flexibility index (Phi) is 6.73. The first-order chi connectivity index (χ1) is 12.5. The molecule has 2 atom stereocenters. The Morgan fingerprint density at radius 1 is 1.42 bits per heavy atom. The van der Waals surface area contributed by atoms with Gasteiger partial charge in [0.05, 0.1) is 23.8 Å². The predicted molar refractivity (Wildman–Crippen MR) is 104 cm³/mol. The van der Waals surface area contributed by atoms with E-state index < -0.39 is 0 Å². The zero-order valence-corrected chi connectivity index (χ0v) is 16.5. The largest absolute Gasteiger partial charge is 0.378 e. The Morgan fingerprint density at radius 2 is 2.19 bits per heavy atom. The van der Waals surface area contributed by atoms with Gasteiger partial charge in [0.15, 0.2) is 0 Å². The number of anilines is 1. The van der Waals surface area contributed by atoms with Gasteiger partial charge >= 0.3 is 0 Å². The van der Waals surface area contributed by atoms with Crippen LogP contribution in [-0.2, 0) is 4.74 Å². The van der Waals surface area contributed by atoms with Gasteiger partial charge in [-0.3, -0.25) is 9.69 Å². The van der Waals surface area contributed by atoms with Crippen LogP contribution in [0.25, 0.3) is 0 Å². The van der Waals surface area contributed by atoms with E-state index in [4.69, 9.17) is 16.3 Å². The summed E-state index contributed by atoms with van der Waals surface area (Å²) >= 11 is 6.37. The van der Waals surface area contributed by atoms with Crippen molar-refractivity contribution in [3.05, 3.63) is 22.8 Å². The second-order valence-corrected chi connectivity index (χ2v) is 7.84. The van der Waals surface area contributed by atoms with Crippen molar-refractivity contribution in [2.45, 2.75) is 32.7 Å². The van der Waals surface area contributed by atoms with Gasteiger partial charge in [0.2, 0.25) is 0 Å². The van der Waals surface area contributed by atoms with Gasteiger partial charge in [0, 0.05) is 38.4 Å². The molecule has 0 spiro atoms. The third-order valence-corrected chi connectivity index (χ3v) is 5.55. The maximum absolute atomic E-state index is 12.5. The van der Waals surface area contributed by atoms with Crippen LogP contribution in [0.2, 0.25) is 5.02 Å². The van der Waals surface area contributed by atoms with Gasteiger partial charge in [-0.2, -0.15) is 0 Å². The third-order valence-electron chi connectivity index (χ3n) is 5.26. The van der Waals surface area contributed by atoms with Crippen molar-refractivity contribution in [2.24, 2.45) is 5.92 Å². The van der Waals surface area contributed by atoms with Crippen LogP contribution < -0.4 is 5.32 Å². The predicted octanol–water partition coefficient (Wildman–Crippen LogP) is 2.74. The normalized spacial score (nSPS) is 22.9. The molecule has 144 valence electrons. The molecule has 1 aromatic heterocycles. The Balaban J connectivity index is 1.56. The van der Waals surface area contributed by atoms with E-state index in [1.54, 1.807) is 17.2 Å². The standard InChI is InChI=1S/C19H29ClN4O2/c1-14-4-3-5-24(13-14)15(2)11-21-18-17(20)10-16(12-22-18)19(25)23-6-8-26-9-7-23/h10,12,14-15H,3-9,11,13H2,1-2H3,(H,21,22). The van der Waals surface area contributed by atoms with E-state index >= 15 is 0 Å². The highest BCUT2D eigenvalue weighted by atomic mass is 35.5. The van der Waals surface area contributed by atoms with Gasteiger partial charge in [-0.05, 0) is 38.3 Å². The fourth-order valence-corrected chi connectivity index (χ4v) is 3.87. The van der Waals surface area contributed by atoms with Gasteiger partial charge in [0.1, 0.15) is 5.82 Å². The van der Waals surface area contributed by atoms with Crippen LogP contribution in [-0.4, -0.2) is 72.7 Å². The van der Waals surface area contributed by atoms with Crippen molar-refractivity contribution >= 4 is 23.3 Å². The molecule has 2 saturated heterocycles. The first-order valence-electron chi connectivity index (χ1n) is 9.55. The molecule has 3 rings (SSSR count). The van der Waals surface area contributed by atoms with Crippen LogP contribution in [0.4, 0.5) is 5.82 Å². The smallest absolute Gasteiger partial charge is 0.255 e. The SMILES string of the molecule is CC1CCCN(C(C)CNc2ncc(C(=O)N3CCOCC3)cc2Cl)C1. The van der Waals surface area contributed by atoms with Crippen molar-refractivity contribution < 1.29 is 9.53 Å². The Morgan fingerprint density at radius 3 is 2.88 bits per heavy atom. The highest BCUT2D eigenvalue weighted by Crippen LogP contribution is 2.22. The quantitative estimate of drug-likeness (QED) is 0.851. The number of morpholine rings is 1. The Labute approximate surface area is 160 Å². The molecule has 1 aromatic rings. The number of ether oxygens (including phenoxy) is 1. The summed E-state index contributed by atoms with van der Waals surface area (Å²) in [6.45, 7) is 10.0. The second kappa shape index (κ2) is 9.02. The summed E-state index contributed by atoms with van der Waals surface area (Å²) in [5.41, 5.74) is 0.528. The van der Waals surface area contributed by atoms with E-state index in [2.05, 4.69) is 29.0 Å². The van der Waals surface area contributed by atoms with Gasteiger partial charge in [-0.25, -0.2) is 4.98 Å². The zero-order chi connectivity index (χ0) is 18.5. The fraction of sp³-hybridized carbons (Fsp3) is 0.684. The molecule has 2 aliphatic heterocycles. The number of nitrogens with zero attached hydrogens (tertiary/aromatic N) is 3. The van der Waals surface area contributed by atoms with Crippen LogP contribution >= 0.6 is 11.6 Å². The minimum absolute atomic E-state index is 0.0371. The molecule has 26 heavy (non-hydrogen) atoms. The number of rotatable bonds is 5. The van der Waals surface area contributed by atoms with Crippen molar-refractivity contribution in [1.29, 1.82) is 0 Å². The number of carbonyl (C=O) groups excluding carboxylic acids is 1. The van der Waals surface area contributed by atoms with E-state index in [0.29, 0.717) is 48.7 Å². The highest BCUT2D eigenvalue weighted by Gasteiger charge is 2.22. The van der Waals surface area contributed by atoms with Crippen LogP contribution in [0.3, 0.4) is 0 Å². The second-order valence-electron chi connectivity index (χ2n) is 7.43. The molecule has 0 aliphatic carbocycles. The maximum Gasteiger partial charge on any atom is 0.255 e. The summed E-state index contributed by atoms with van der Waals surface area (Å²) in [6, 6.07) is 2.13. The van der Waals surface area contributed by atoms with E-state index in [-0.39, 0.29) is 5.91 Å². The molecule has 1 N–H and O–H groups in total. The van der Waals surface area contributed by atoms with Crippen molar-refractivity contribution in [2.75, 3.05) is 51.3 Å². The molecule has 0 bridgehead atoms. The lowest BCUT2D eigenvalue weighted by atomic mass is 9.99. The molecule has 3 heterocycles. The summed E-state index contributed by atoms with van der Waals surface area (Å²) in [5, 5.41) is 3.83. The van der Waals surface area contributed by atoms with E-state index in [0.717, 1.165) is 25.6 Å². The summed E-state index contributed by atoms with van der Waals surface area (Å²) in [4.78, 5) is 21.2. The average Bonchev–Trinajstić information content (AvgIpc) is 2.67. The third kappa shape index (κ3) is 4.87. The summed E-state index contributed by atoms with van der Waals surface area (Å²) in [7, 11) is 0. The molecule has 0 saturated carbocycles. The first kappa shape index (κ1) is 19.4. The van der Waals surface area contributed by atoms with Crippen molar-refractivity contribution in [3.63, 3.8) is 0 Å². The average molecular weight is 381 g/mol. The zero-order valence-electron chi connectivity index (χ0n) is 15.7. The summed E-state index contributed by atoms with van der Waals surface area (Å²) < 4.78 is 5.29. The summed E-state index contributed by atoms with van der Waals surface area (Å²) in [6.07, 6.45) is 4.20. The number of aromatic nitrogens is 1. The Bertz CT molecular complexity index is 622. The number of hydrogen-bond acceptors (Lipinski definition) is 5. The maximum atomic E-state index is 12.5. The fourth-order valence-electron chi connectivity index (χ4n) is 3.63. The van der Waals surface area contributed by atoms with E-state index in [1.807, 2.05) is 0 Å². The lowest BCUT2D eigenvalue weighted by Crippen LogP contribution is -2.43. The van der Waals surface area contributed by atoms with Crippen LogP contribution in [0.5, 0.6) is 0 Å². The molecule has 0 radical (unpaired) electrons. The lowest BCUT2D eigenvalue weighted by Gasteiger charge is -2.35. The molecule has 2 fully saturated rings. The topological polar surface area (TPSA) is 57.7 Å². The van der Waals surface area contributed by atoms with Gasteiger partial charge in [-0.15, -0.1) is 0 Å². The number of carbonyl (C=O) groups is 1. The first-order valence-corrected chi connectivity index (χ1v) is 9.93. The van der Waals surface area contributed by atoms with Crippen molar-refractivity contribution in [1.82, 2.24) is 14.8 Å². The van der Waals surface area contributed by atoms with Crippen LogP contribution in [0.1, 0.15) is 37.0 Å². The Hall–Kier alpha value is -1.37. The van der Waals surface area contributed by atoms with E-state index in [9.17, 15) is 4.79 Å². The molecule has 0 aromatic carbocycles. The number of pyridine rings is 1. The molecular formula is C19H29ClN4O2. The molecule has 2 unspecified atom stereocenters. The van der Waals surface area contributed by atoms with Gasteiger partial charge in [-0.1, -0.05) is 18.5 Å². The number of halogens is 1. The minimum Gasteiger partial charge on any atom is -0.378 e. The number of piperidine rings is 1. The number of nitrogens with one attached hydrogen (secondary N) is 1. The molecule has 7 heteroatoms. The lowest BCUT2D eigenvalue weighted by molar-refractivity contribution is 0.0302. The number of hydrogen-bond donors (Lipinski definition) is 1. The molecule has 6 nitrogen and oxygen atoms in total. The summed E-state index contributed by atoms with van der Waals surface area (Å²) in [5.74, 6) is 1.37. The van der Waals surface area contributed by atoms with Gasteiger partial charge < -0.3 is 15.0 Å². The van der Waals surface area contributed by atoms with Gasteiger partial charge in [0.25, 0.3) is 5.91 Å². The minimum atomic E-state index is -0.0371. The highest BCUT2D eigenvalue weighted by molar-refractivity contribution is 6.33. The number of likely N-dealkylation sites (tertiary alicyclic amines) is 1. The van der Waals surface area contributed by atoms with E-state index in [1.165, 1.54) is 12.8 Å².